The first kappa shape index (κ1) is 13.9. The Morgan fingerprint density at radius 3 is 2.96 bits per heavy atom. The van der Waals surface area contributed by atoms with Crippen LogP contribution in [0, 0.1) is 0 Å². The molecule has 3 aromatic rings. The van der Waals surface area contributed by atoms with E-state index in [1.165, 1.54) is 5.56 Å². The third-order valence-corrected chi connectivity index (χ3v) is 4.10. The molecule has 23 heavy (non-hydrogen) atoms. The van der Waals surface area contributed by atoms with E-state index in [0.29, 0.717) is 12.7 Å². The fourth-order valence-corrected chi connectivity index (χ4v) is 2.98. The monoisotopic (exact) mass is 310 g/mol. The molecule has 0 aliphatic carbocycles. The normalized spacial score (nSPS) is 14.1. The highest BCUT2D eigenvalue weighted by Gasteiger charge is 2.17. The summed E-state index contributed by atoms with van der Waals surface area (Å²) in [5, 5.41) is 0. The van der Waals surface area contributed by atoms with Crippen LogP contribution >= 0.6 is 0 Å². The average molecular weight is 310 g/mol. The van der Waals surface area contributed by atoms with Gasteiger partial charge in [-0.1, -0.05) is 13.0 Å². The highest BCUT2D eigenvalue weighted by molar-refractivity contribution is 5.44. The second kappa shape index (κ2) is 5.83. The zero-order valence-electron chi connectivity index (χ0n) is 12.9. The van der Waals surface area contributed by atoms with E-state index in [4.69, 9.17) is 13.9 Å². The van der Waals surface area contributed by atoms with E-state index >= 15 is 0 Å². The first-order valence-corrected chi connectivity index (χ1v) is 7.70. The van der Waals surface area contributed by atoms with Crippen LogP contribution in [0.15, 0.2) is 53.6 Å². The summed E-state index contributed by atoms with van der Waals surface area (Å²) in [5.41, 5.74) is 2.36. The number of aromatic nitrogens is 2. The van der Waals surface area contributed by atoms with Gasteiger partial charge in [-0.25, -0.2) is 4.98 Å². The molecule has 1 atom stereocenters. The molecule has 0 amide bonds. The molecule has 5 nitrogen and oxygen atoms in total. The van der Waals surface area contributed by atoms with Crippen molar-refractivity contribution in [1.82, 2.24) is 9.55 Å². The van der Waals surface area contributed by atoms with Crippen LogP contribution in [0.25, 0.3) is 0 Å². The quantitative estimate of drug-likeness (QED) is 0.722. The van der Waals surface area contributed by atoms with Crippen LogP contribution in [0.1, 0.15) is 29.8 Å². The molecule has 1 aliphatic heterocycles. The van der Waals surface area contributed by atoms with Gasteiger partial charge in [-0.3, -0.25) is 0 Å². The molecular weight excluding hydrogens is 292 g/mol. The van der Waals surface area contributed by atoms with Crippen molar-refractivity contribution in [1.29, 1.82) is 0 Å². The molecule has 0 N–H and O–H groups in total. The number of ether oxygens (including phenoxy) is 2. The molecule has 0 fully saturated rings. The number of hydrogen-bond donors (Lipinski definition) is 0. The van der Waals surface area contributed by atoms with Gasteiger partial charge in [0.1, 0.15) is 5.82 Å². The third kappa shape index (κ3) is 2.82. The van der Waals surface area contributed by atoms with Crippen molar-refractivity contribution in [2.45, 2.75) is 25.8 Å². The Bertz CT molecular complexity index is 792. The van der Waals surface area contributed by atoms with Crippen LogP contribution < -0.4 is 9.47 Å². The number of furan rings is 1. The van der Waals surface area contributed by atoms with Gasteiger partial charge in [-0.2, -0.15) is 0 Å². The molecule has 0 radical (unpaired) electrons. The van der Waals surface area contributed by atoms with Crippen molar-refractivity contribution < 1.29 is 13.9 Å². The van der Waals surface area contributed by atoms with Crippen LogP contribution in [0.3, 0.4) is 0 Å². The fraction of sp³-hybridized carbons (Fsp3) is 0.278. The lowest BCUT2D eigenvalue weighted by atomic mass is 10.00. The summed E-state index contributed by atoms with van der Waals surface area (Å²) in [5.74, 6) is 3.03. The third-order valence-electron chi connectivity index (χ3n) is 4.10. The summed E-state index contributed by atoms with van der Waals surface area (Å²) < 4.78 is 18.1. The van der Waals surface area contributed by atoms with Gasteiger partial charge < -0.3 is 18.5 Å². The summed E-state index contributed by atoms with van der Waals surface area (Å²) in [6.07, 6.45) is 8.23. The van der Waals surface area contributed by atoms with Crippen LogP contribution in [0.2, 0.25) is 0 Å². The highest BCUT2D eigenvalue weighted by Crippen LogP contribution is 2.33. The van der Waals surface area contributed by atoms with Crippen LogP contribution in [-0.2, 0) is 13.0 Å². The molecule has 118 valence electrons. The molecule has 0 unspecified atom stereocenters. The molecule has 3 heterocycles. The molecule has 1 aliphatic rings. The maximum atomic E-state index is 5.45. The van der Waals surface area contributed by atoms with Crippen molar-refractivity contribution in [2.24, 2.45) is 0 Å². The molecule has 1 aromatic carbocycles. The average Bonchev–Trinajstić information content (AvgIpc) is 3.28. The molecular formula is C18H18N2O3. The minimum atomic E-state index is 0.303. The first-order valence-electron chi connectivity index (χ1n) is 7.70. The predicted molar refractivity (Wildman–Crippen MR) is 84.7 cm³/mol. The second-order valence-corrected chi connectivity index (χ2v) is 5.84. The number of benzene rings is 1. The lowest BCUT2D eigenvalue weighted by molar-refractivity contribution is 0.174. The Morgan fingerprint density at radius 2 is 2.09 bits per heavy atom. The van der Waals surface area contributed by atoms with Crippen LogP contribution in [-0.4, -0.2) is 16.3 Å². The van der Waals surface area contributed by atoms with E-state index in [0.717, 1.165) is 35.9 Å². The molecule has 0 bridgehead atoms. The van der Waals surface area contributed by atoms with Gasteiger partial charge in [0, 0.05) is 23.9 Å². The Hall–Kier alpha value is -2.69. The van der Waals surface area contributed by atoms with Crippen molar-refractivity contribution in [2.75, 3.05) is 6.79 Å². The summed E-state index contributed by atoms with van der Waals surface area (Å²) >= 11 is 0. The summed E-state index contributed by atoms with van der Waals surface area (Å²) in [6.45, 7) is 3.28. The summed E-state index contributed by atoms with van der Waals surface area (Å²) in [4.78, 5) is 4.54. The van der Waals surface area contributed by atoms with E-state index in [-0.39, 0.29) is 0 Å². The maximum Gasteiger partial charge on any atom is 0.231 e. The van der Waals surface area contributed by atoms with E-state index < -0.39 is 0 Å². The second-order valence-electron chi connectivity index (χ2n) is 5.84. The standard InChI is InChI=1S/C18H18N2O3/c1-13(8-14-2-3-16-17(9-14)23-12-22-16)18-19-5-6-20(18)10-15-4-7-21-11-15/h2-7,9,11,13H,8,10,12H2,1H3/t13-/m1/s1. The van der Waals surface area contributed by atoms with E-state index in [1.54, 1.807) is 12.5 Å². The summed E-state index contributed by atoms with van der Waals surface area (Å²) in [7, 11) is 0. The topological polar surface area (TPSA) is 49.4 Å². The minimum Gasteiger partial charge on any atom is -0.472 e. The van der Waals surface area contributed by atoms with Gasteiger partial charge >= 0.3 is 0 Å². The van der Waals surface area contributed by atoms with Gasteiger partial charge in [0.25, 0.3) is 0 Å². The van der Waals surface area contributed by atoms with Gasteiger partial charge in [-0.15, -0.1) is 0 Å². The number of fused-ring (bicyclic) bond motifs is 1. The van der Waals surface area contributed by atoms with Gasteiger partial charge in [0.05, 0.1) is 19.1 Å². The van der Waals surface area contributed by atoms with Crippen LogP contribution in [0.4, 0.5) is 0 Å². The van der Waals surface area contributed by atoms with Gasteiger partial charge in [0.15, 0.2) is 11.5 Å². The van der Waals surface area contributed by atoms with Crippen molar-refractivity contribution in [3.05, 3.63) is 66.1 Å². The molecule has 4 rings (SSSR count). The molecule has 0 saturated heterocycles. The fourth-order valence-electron chi connectivity index (χ4n) is 2.98. The summed E-state index contributed by atoms with van der Waals surface area (Å²) in [6, 6.07) is 8.10. The van der Waals surface area contributed by atoms with E-state index in [9.17, 15) is 0 Å². The van der Waals surface area contributed by atoms with Crippen molar-refractivity contribution in [3.63, 3.8) is 0 Å². The van der Waals surface area contributed by atoms with Crippen LogP contribution in [0.5, 0.6) is 11.5 Å². The van der Waals surface area contributed by atoms with E-state index in [2.05, 4.69) is 28.6 Å². The predicted octanol–water partition coefficient (Wildman–Crippen LogP) is 3.60. The van der Waals surface area contributed by atoms with Crippen molar-refractivity contribution in [3.8, 4) is 11.5 Å². The van der Waals surface area contributed by atoms with Crippen molar-refractivity contribution >= 4 is 0 Å². The SMILES string of the molecule is C[C@H](Cc1ccc2c(c1)OCO2)c1nccn1Cc1ccoc1. The highest BCUT2D eigenvalue weighted by atomic mass is 16.7. The largest absolute Gasteiger partial charge is 0.472 e. The molecule has 2 aromatic heterocycles. The Balaban J connectivity index is 1.51. The zero-order valence-corrected chi connectivity index (χ0v) is 12.9. The Labute approximate surface area is 134 Å². The smallest absolute Gasteiger partial charge is 0.231 e. The minimum absolute atomic E-state index is 0.303. The number of rotatable bonds is 5. The number of imidazole rings is 1. The van der Waals surface area contributed by atoms with Gasteiger partial charge in [0.2, 0.25) is 6.79 Å². The zero-order chi connectivity index (χ0) is 15.6. The first-order chi connectivity index (χ1) is 11.3. The molecule has 0 saturated carbocycles. The maximum absolute atomic E-state index is 5.45. The van der Waals surface area contributed by atoms with Gasteiger partial charge in [-0.05, 0) is 30.2 Å². The lowest BCUT2D eigenvalue weighted by Gasteiger charge is -2.14. The number of hydrogen-bond acceptors (Lipinski definition) is 4. The Kier molecular flexibility index (Phi) is 3.54. The lowest BCUT2D eigenvalue weighted by Crippen LogP contribution is -2.09. The number of nitrogens with zero attached hydrogens (tertiary/aromatic N) is 2. The molecule has 0 spiro atoms. The van der Waals surface area contributed by atoms with E-state index in [1.807, 2.05) is 24.5 Å². The Morgan fingerprint density at radius 1 is 1.17 bits per heavy atom. The molecule has 5 heteroatoms.